The van der Waals surface area contributed by atoms with Gasteiger partial charge in [-0.05, 0) is 31.2 Å². The standard InChI is InChI=1S/C16H23NO/c1-12-3-5-13(6-4-12)15(14-7-8-14)17-9-16(2)10-18-11-16/h3-6,14-15,17H,7-11H2,1-2H3. The lowest BCUT2D eigenvalue weighted by molar-refractivity contribution is -0.100. The van der Waals surface area contributed by atoms with Crippen molar-refractivity contribution in [3.05, 3.63) is 35.4 Å². The first kappa shape index (κ1) is 12.2. The van der Waals surface area contributed by atoms with Gasteiger partial charge in [0.2, 0.25) is 0 Å². The Hall–Kier alpha value is -0.860. The van der Waals surface area contributed by atoms with Gasteiger partial charge in [0.1, 0.15) is 0 Å². The van der Waals surface area contributed by atoms with Crippen LogP contribution in [0.4, 0.5) is 0 Å². The van der Waals surface area contributed by atoms with E-state index >= 15 is 0 Å². The molecule has 0 bridgehead atoms. The number of hydrogen-bond donors (Lipinski definition) is 1. The lowest BCUT2D eigenvalue weighted by Gasteiger charge is -2.39. The number of hydrogen-bond acceptors (Lipinski definition) is 2. The Balaban J connectivity index is 1.66. The molecule has 0 aromatic heterocycles. The Morgan fingerprint density at radius 2 is 1.94 bits per heavy atom. The second kappa shape index (κ2) is 4.67. The summed E-state index contributed by atoms with van der Waals surface area (Å²) in [5.41, 5.74) is 3.15. The van der Waals surface area contributed by atoms with Gasteiger partial charge in [-0.2, -0.15) is 0 Å². The zero-order valence-electron chi connectivity index (χ0n) is 11.4. The van der Waals surface area contributed by atoms with Crippen molar-refractivity contribution < 1.29 is 4.74 Å². The molecule has 18 heavy (non-hydrogen) atoms. The molecule has 2 heteroatoms. The van der Waals surface area contributed by atoms with Crippen LogP contribution in [0.15, 0.2) is 24.3 Å². The molecule has 1 saturated heterocycles. The first-order valence-corrected chi connectivity index (χ1v) is 7.04. The quantitative estimate of drug-likeness (QED) is 0.861. The largest absolute Gasteiger partial charge is 0.380 e. The van der Waals surface area contributed by atoms with Crippen LogP contribution in [0.1, 0.15) is 36.9 Å². The average Bonchev–Trinajstić information content (AvgIpc) is 3.14. The van der Waals surface area contributed by atoms with E-state index in [9.17, 15) is 0 Å². The summed E-state index contributed by atoms with van der Waals surface area (Å²) >= 11 is 0. The van der Waals surface area contributed by atoms with E-state index in [0.717, 1.165) is 25.7 Å². The monoisotopic (exact) mass is 245 g/mol. The van der Waals surface area contributed by atoms with Gasteiger partial charge in [0, 0.05) is 18.0 Å². The van der Waals surface area contributed by atoms with E-state index in [0.29, 0.717) is 11.5 Å². The summed E-state index contributed by atoms with van der Waals surface area (Å²) in [7, 11) is 0. The molecule has 98 valence electrons. The van der Waals surface area contributed by atoms with Crippen molar-refractivity contribution in [2.45, 2.75) is 32.7 Å². The van der Waals surface area contributed by atoms with Crippen LogP contribution in [-0.4, -0.2) is 19.8 Å². The van der Waals surface area contributed by atoms with Crippen molar-refractivity contribution in [2.75, 3.05) is 19.8 Å². The predicted octanol–water partition coefficient (Wildman–Crippen LogP) is 3.07. The Labute approximate surface area is 110 Å². The first-order chi connectivity index (χ1) is 8.66. The Kier molecular flexibility index (Phi) is 3.16. The lowest BCUT2D eigenvalue weighted by atomic mass is 9.88. The molecule has 0 spiro atoms. The van der Waals surface area contributed by atoms with Gasteiger partial charge in [-0.1, -0.05) is 36.8 Å². The van der Waals surface area contributed by atoms with Gasteiger partial charge in [0.05, 0.1) is 13.2 Å². The molecule has 0 amide bonds. The van der Waals surface area contributed by atoms with Crippen LogP contribution in [0.5, 0.6) is 0 Å². The van der Waals surface area contributed by atoms with Crippen molar-refractivity contribution in [3.63, 3.8) is 0 Å². The van der Waals surface area contributed by atoms with Crippen molar-refractivity contribution >= 4 is 0 Å². The third kappa shape index (κ3) is 2.60. The van der Waals surface area contributed by atoms with Crippen molar-refractivity contribution in [3.8, 4) is 0 Å². The minimum absolute atomic E-state index is 0.359. The molecule has 1 aromatic carbocycles. The minimum atomic E-state index is 0.359. The molecule has 1 aromatic rings. The lowest BCUT2D eigenvalue weighted by Crippen LogP contribution is -2.48. The van der Waals surface area contributed by atoms with E-state index in [1.165, 1.54) is 24.0 Å². The first-order valence-electron chi connectivity index (χ1n) is 7.04. The van der Waals surface area contributed by atoms with Crippen molar-refractivity contribution in [1.82, 2.24) is 5.32 Å². The third-order valence-electron chi connectivity index (χ3n) is 4.18. The van der Waals surface area contributed by atoms with Crippen LogP contribution in [0.25, 0.3) is 0 Å². The fourth-order valence-electron chi connectivity index (χ4n) is 2.67. The number of nitrogens with one attached hydrogen (secondary N) is 1. The molecule has 1 N–H and O–H groups in total. The summed E-state index contributed by atoms with van der Waals surface area (Å²) in [6, 6.07) is 9.56. The summed E-state index contributed by atoms with van der Waals surface area (Å²) in [4.78, 5) is 0. The summed E-state index contributed by atoms with van der Waals surface area (Å²) in [5.74, 6) is 0.845. The van der Waals surface area contributed by atoms with Gasteiger partial charge in [-0.25, -0.2) is 0 Å². The summed E-state index contributed by atoms with van der Waals surface area (Å²) in [5, 5.41) is 3.78. The van der Waals surface area contributed by atoms with Crippen molar-refractivity contribution in [2.24, 2.45) is 11.3 Å². The van der Waals surface area contributed by atoms with Crippen LogP contribution >= 0.6 is 0 Å². The summed E-state index contributed by atoms with van der Waals surface area (Å²) in [6.45, 7) is 7.34. The fraction of sp³-hybridized carbons (Fsp3) is 0.625. The minimum Gasteiger partial charge on any atom is -0.380 e. The molecule has 1 aliphatic carbocycles. The van der Waals surface area contributed by atoms with Gasteiger partial charge in [0.15, 0.2) is 0 Å². The van der Waals surface area contributed by atoms with Crippen molar-refractivity contribution in [1.29, 1.82) is 0 Å². The zero-order chi connectivity index (χ0) is 12.6. The average molecular weight is 245 g/mol. The molecule has 3 rings (SSSR count). The van der Waals surface area contributed by atoms with Gasteiger partial charge in [-0.3, -0.25) is 0 Å². The number of benzene rings is 1. The maximum Gasteiger partial charge on any atom is 0.0554 e. The molecule has 2 aliphatic rings. The molecule has 1 unspecified atom stereocenters. The molecule has 1 heterocycles. The second-order valence-electron chi connectivity index (χ2n) is 6.41. The van der Waals surface area contributed by atoms with Crippen LogP contribution in [0.2, 0.25) is 0 Å². The normalized spacial score (nSPS) is 23.4. The highest BCUT2D eigenvalue weighted by atomic mass is 16.5. The van der Waals surface area contributed by atoms with E-state index < -0.39 is 0 Å². The third-order valence-corrected chi connectivity index (χ3v) is 4.18. The molecule has 2 nitrogen and oxygen atoms in total. The summed E-state index contributed by atoms with van der Waals surface area (Å²) in [6.07, 6.45) is 2.75. The molecule has 2 fully saturated rings. The Morgan fingerprint density at radius 1 is 1.28 bits per heavy atom. The van der Waals surface area contributed by atoms with Crippen LogP contribution < -0.4 is 5.32 Å². The maximum absolute atomic E-state index is 5.33. The number of ether oxygens (including phenoxy) is 1. The van der Waals surface area contributed by atoms with E-state index in [1.807, 2.05) is 0 Å². The fourth-order valence-corrected chi connectivity index (χ4v) is 2.67. The SMILES string of the molecule is Cc1ccc(C(NCC2(C)COC2)C2CC2)cc1. The molecule has 1 saturated carbocycles. The van der Waals surface area contributed by atoms with E-state index in [-0.39, 0.29) is 0 Å². The number of rotatable bonds is 5. The van der Waals surface area contributed by atoms with E-state index in [1.54, 1.807) is 0 Å². The smallest absolute Gasteiger partial charge is 0.0554 e. The highest BCUT2D eigenvalue weighted by molar-refractivity contribution is 5.25. The molecular weight excluding hydrogens is 222 g/mol. The zero-order valence-corrected chi connectivity index (χ0v) is 11.4. The molecular formula is C16H23NO. The van der Waals surface area contributed by atoms with Gasteiger partial charge < -0.3 is 10.1 Å². The predicted molar refractivity (Wildman–Crippen MR) is 73.6 cm³/mol. The Morgan fingerprint density at radius 3 is 2.44 bits per heavy atom. The molecule has 0 radical (unpaired) electrons. The van der Waals surface area contributed by atoms with E-state index in [4.69, 9.17) is 4.74 Å². The highest BCUT2D eigenvalue weighted by Crippen LogP contribution is 2.41. The van der Waals surface area contributed by atoms with Gasteiger partial charge in [0.25, 0.3) is 0 Å². The van der Waals surface area contributed by atoms with Gasteiger partial charge >= 0.3 is 0 Å². The van der Waals surface area contributed by atoms with Crippen LogP contribution in [-0.2, 0) is 4.74 Å². The molecule has 1 atom stereocenters. The Bertz CT molecular complexity index is 404. The van der Waals surface area contributed by atoms with Crippen LogP contribution in [0.3, 0.4) is 0 Å². The molecule has 1 aliphatic heterocycles. The summed E-state index contributed by atoms with van der Waals surface area (Å²) < 4.78 is 5.33. The maximum atomic E-state index is 5.33. The number of aryl methyl sites for hydroxylation is 1. The topological polar surface area (TPSA) is 21.3 Å². The van der Waals surface area contributed by atoms with E-state index in [2.05, 4.69) is 43.4 Å². The second-order valence-corrected chi connectivity index (χ2v) is 6.41. The van der Waals surface area contributed by atoms with Crippen LogP contribution in [0, 0.1) is 18.3 Å². The van der Waals surface area contributed by atoms with Gasteiger partial charge in [-0.15, -0.1) is 0 Å². The highest BCUT2D eigenvalue weighted by Gasteiger charge is 2.37.